The number of carbonyl (C=O) groups excluding carboxylic acids is 1. The molecule has 1 heterocycles. The van der Waals surface area contributed by atoms with Gasteiger partial charge in [-0.15, -0.1) is 0 Å². The highest BCUT2D eigenvalue weighted by Crippen LogP contribution is 2.25. The molecular formula is C13H15N3O2. The normalized spacial score (nSPS) is 10.3. The molecule has 0 spiro atoms. The van der Waals surface area contributed by atoms with Gasteiger partial charge in [-0.05, 0) is 12.1 Å². The van der Waals surface area contributed by atoms with Crippen LogP contribution in [0.5, 0.6) is 0 Å². The van der Waals surface area contributed by atoms with Crippen LogP contribution in [0.25, 0.3) is 10.8 Å². The fourth-order valence-corrected chi connectivity index (χ4v) is 1.76. The van der Waals surface area contributed by atoms with E-state index < -0.39 is 0 Å². The Morgan fingerprint density at radius 3 is 3.00 bits per heavy atom. The molecule has 18 heavy (non-hydrogen) atoms. The van der Waals surface area contributed by atoms with Gasteiger partial charge in [-0.2, -0.15) is 0 Å². The molecule has 0 aliphatic carbocycles. The number of nitrogens with zero attached hydrogens (tertiary/aromatic N) is 1. The lowest BCUT2D eigenvalue weighted by Gasteiger charge is -2.09. The summed E-state index contributed by atoms with van der Waals surface area (Å²) in [5.41, 5.74) is 6.61. The largest absolute Gasteiger partial charge is 0.469 e. The lowest BCUT2D eigenvalue weighted by Crippen LogP contribution is -2.10. The van der Waals surface area contributed by atoms with Crippen molar-refractivity contribution >= 4 is 28.2 Å². The first kappa shape index (κ1) is 12.2. The number of methoxy groups -OCH3 is 1. The van der Waals surface area contributed by atoms with Gasteiger partial charge in [0.1, 0.15) is 5.82 Å². The van der Waals surface area contributed by atoms with Gasteiger partial charge in [0.05, 0.1) is 13.5 Å². The molecule has 0 unspecified atom stereocenters. The van der Waals surface area contributed by atoms with Crippen molar-refractivity contribution in [3.8, 4) is 0 Å². The molecule has 0 saturated heterocycles. The Morgan fingerprint density at radius 2 is 2.22 bits per heavy atom. The summed E-state index contributed by atoms with van der Waals surface area (Å²) >= 11 is 0. The number of ether oxygens (including phenoxy) is 1. The lowest BCUT2D eigenvalue weighted by molar-refractivity contribution is -0.140. The molecule has 2 aromatic rings. The third-order valence-electron chi connectivity index (χ3n) is 2.69. The van der Waals surface area contributed by atoms with Gasteiger partial charge < -0.3 is 15.8 Å². The highest BCUT2D eigenvalue weighted by molar-refractivity contribution is 5.99. The third kappa shape index (κ3) is 2.51. The maximum atomic E-state index is 11.0. The fraction of sp³-hybridized carbons (Fsp3) is 0.231. The first-order chi connectivity index (χ1) is 8.72. The van der Waals surface area contributed by atoms with Gasteiger partial charge in [0.2, 0.25) is 0 Å². The number of carbonyl (C=O) groups is 1. The average Bonchev–Trinajstić information content (AvgIpc) is 2.39. The van der Waals surface area contributed by atoms with Crippen LogP contribution in [0, 0.1) is 0 Å². The molecule has 0 atom stereocenters. The average molecular weight is 245 g/mol. The number of benzene rings is 1. The van der Waals surface area contributed by atoms with E-state index in [1.54, 1.807) is 6.20 Å². The second-order valence-electron chi connectivity index (χ2n) is 3.85. The van der Waals surface area contributed by atoms with Crippen LogP contribution in [-0.2, 0) is 9.53 Å². The topological polar surface area (TPSA) is 77.2 Å². The summed E-state index contributed by atoms with van der Waals surface area (Å²) in [5.74, 6) is 0.478. The Labute approximate surface area is 105 Å². The Morgan fingerprint density at radius 1 is 1.39 bits per heavy atom. The van der Waals surface area contributed by atoms with E-state index >= 15 is 0 Å². The first-order valence-electron chi connectivity index (χ1n) is 5.66. The van der Waals surface area contributed by atoms with E-state index in [1.807, 2.05) is 24.3 Å². The minimum absolute atomic E-state index is 0.248. The highest BCUT2D eigenvalue weighted by atomic mass is 16.5. The second-order valence-corrected chi connectivity index (χ2v) is 3.85. The van der Waals surface area contributed by atoms with Gasteiger partial charge in [-0.3, -0.25) is 4.79 Å². The van der Waals surface area contributed by atoms with Gasteiger partial charge in [-0.1, -0.05) is 12.1 Å². The summed E-state index contributed by atoms with van der Waals surface area (Å²) in [6.07, 6.45) is 2.00. The molecule has 0 fully saturated rings. The Hall–Kier alpha value is -2.30. The van der Waals surface area contributed by atoms with E-state index in [0.717, 1.165) is 16.6 Å². The van der Waals surface area contributed by atoms with Crippen molar-refractivity contribution < 1.29 is 9.53 Å². The monoisotopic (exact) mass is 245 g/mol. The molecule has 0 saturated carbocycles. The fourth-order valence-electron chi connectivity index (χ4n) is 1.76. The van der Waals surface area contributed by atoms with Crippen molar-refractivity contribution in [1.82, 2.24) is 4.98 Å². The SMILES string of the molecule is COC(=O)CCNc1nccc2c(N)cccc12. The number of anilines is 2. The summed E-state index contributed by atoms with van der Waals surface area (Å²) in [5, 5.41) is 5.01. The van der Waals surface area contributed by atoms with Crippen LogP contribution in [0.15, 0.2) is 30.5 Å². The van der Waals surface area contributed by atoms with E-state index in [9.17, 15) is 4.79 Å². The van der Waals surface area contributed by atoms with Crippen LogP contribution < -0.4 is 11.1 Å². The van der Waals surface area contributed by atoms with Crippen molar-refractivity contribution in [2.45, 2.75) is 6.42 Å². The Balaban J connectivity index is 2.18. The number of pyridine rings is 1. The number of rotatable bonds is 4. The maximum Gasteiger partial charge on any atom is 0.307 e. The molecular weight excluding hydrogens is 230 g/mol. The van der Waals surface area contributed by atoms with Gasteiger partial charge in [-0.25, -0.2) is 4.98 Å². The van der Waals surface area contributed by atoms with E-state index in [4.69, 9.17) is 5.73 Å². The lowest BCUT2D eigenvalue weighted by atomic mass is 10.1. The zero-order valence-electron chi connectivity index (χ0n) is 10.1. The molecule has 3 N–H and O–H groups in total. The molecule has 5 nitrogen and oxygen atoms in total. The summed E-state index contributed by atoms with van der Waals surface area (Å²) in [6, 6.07) is 7.54. The Bertz CT molecular complexity index is 569. The number of hydrogen-bond acceptors (Lipinski definition) is 5. The molecule has 0 aliphatic heterocycles. The molecule has 94 valence electrons. The van der Waals surface area contributed by atoms with E-state index in [1.165, 1.54) is 7.11 Å². The van der Waals surface area contributed by atoms with Crippen LogP contribution in [0.3, 0.4) is 0 Å². The molecule has 5 heteroatoms. The van der Waals surface area contributed by atoms with Crippen LogP contribution in [0.2, 0.25) is 0 Å². The van der Waals surface area contributed by atoms with E-state index in [-0.39, 0.29) is 5.97 Å². The van der Waals surface area contributed by atoms with Crippen LogP contribution in [-0.4, -0.2) is 24.6 Å². The first-order valence-corrected chi connectivity index (χ1v) is 5.66. The summed E-state index contributed by atoms with van der Waals surface area (Å²) in [6.45, 7) is 0.480. The van der Waals surface area contributed by atoms with Gasteiger partial charge in [0.15, 0.2) is 0 Å². The number of aromatic nitrogens is 1. The summed E-state index contributed by atoms with van der Waals surface area (Å²) < 4.78 is 4.58. The van der Waals surface area contributed by atoms with Crippen LogP contribution >= 0.6 is 0 Å². The molecule has 0 amide bonds. The number of fused-ring (bicyclic) bond motifs is 1. The number of nitrogens with one attached hydrogen (secondary N) is 1. The molecule has 0 aliphatic rings. The van der Waals surface area contributed by atoms with Crippen LogP contribution in [0.4, 0.5) is 11.5 Å². The van der Waals surface area contributed by atoms with E-state index in [2.05, 4.69) is 15.0 Å². The van der Waals surface area contributed by atoms with Gasteiger partial charge >= 0.3 is 5.97 Å². The predicted molar refractivity (Wildman–Crippen MR) is 71.3 cm³/mol. The summed E-state index contributed by atoms with van der Waals surface area (Å²) in [7, 11) is 1.37. The standard InChI is InChI=1S/C13H15N3O2/c1-18-12(17)6-8-16-13-10-3-2-4-11(14)9(10)5-7-15-13/h2-5,7H,6,8,14H2,1H3,(H,15,16). The summed E-state index contributed by atoms with van der Waals surface area (Å²) in [4.78, 5) is 15.3. The van der Waals surface area contributed by atoms with Crippen molar-refractivity contribution in [2.75, 3.05) is 24.7 Å². The zero-order valence-corrected chi connectivity index (χ0v) is 10.1. The quantitative estimate of drug-likeness (QED) is 0.634. The minimum Gasteiger partial charge on any atom is -0.469 e. The smallest absolute Gasteiger partial charge is 0.307 e. The van der Waals surface area contributed by atoms with E-state index in [0.29, 0.717) is 18.7 Å². The number of hydrogen-bond donors (Lipinski definition) is 2. The van der Waals surface area contributed by atoms with Crippen molar-refractivity contribution in [3.05, 3.63) is 30.5 Å². The second kappa shape index (κ2) is 5.35. The zero-order chi connectivity index (χ0) is 13.0. The maximum absolute atomic E-state index is 11.0. The number of nitrogens with two attached hydrogens (primary N) is 1. The predicted octanol–water partition coefficient (Wildman–Crippen LogP) is 1.79. The highest BCUT2D eigenvalue weighted by Gasteiger charge is 2.05. The molecule has 1 aromatic carbocycles. The van der Waals surface area contributed by atoms with Gasteiger partial charge in [0, 0.05) is 29.2 Å². The molecule has 2 rings (SSSR count). The van der Waals surface area contributed by atoms with Crippen molar-refractivity contribution in [2.24, 2.45) is 0 Å². The van der Waals surface area contributed by atoms with Gasteiger partial charge in [0.25, 0.3) is 0 Å². The molecule has 0 radical (unpaired) electrons. The molecule has 1 aromatic heterocycles. The molecule has 0 bridgehead atoms. The third-order valence-corrected chi connectivity index (χ3v) is 2.69. The van der Waals surface area contributed by atoms with Crippen LogP contribution in [0.1, 0.15) is 6.42 Å². The number of nitrogen functional groups attached to an aromatic ring is 1. The Kier molecular flexibility index (Phi) is 3.62. The van der Waals surface area contributed by atoms with Crippen molar-refractivity contribution in [3.63, 3.8) is 0 Å². The van der Waals surface area contributed by atoms with Crippen molar-refractivity contribution in [1.29, 1.82) is 0 Å². The minimum atomic E-state index is -0.248. The number of esters is 1.